The molecule has 2 atom stereocenters. The fourth-order valence-corrected chi connectivity index (χ4v) is 4.11. The van der Waals surface area contributed by atoms with Gasteiger partial charge in [0.25, 0.3) is 0 Å². The number of carbonyl (C=O) groups is 3. The molecule has 0 aliphatic carbocycles. The van der Waals surface area contributed by atoms with Crippen molar-refractivity contribution in [1.82, 2.24) is 15.5 Å². The number of aliphatic hydroxyl groups excluding tert-OH is 1. The number of aliphatic hydroxyl groups is 1. The van der Waals surface area contributed by atoms with Gasteiger partial charge in [0.05, 0.1) is 6.61 Å². The van der Waals surface area contributed by atoms with Crippen molar-refractivity contribution in [2.24, 2.45) is 0 Å². The van der Waals surface area contributed by atoms with Crippen molar-refractivity contribution in [2.45, 2.75) is 77.6 Å². The zero-order chi connectivity index (χ0) is 28.8. The van der Waals surface area contributed by atoms with Crippen molar-refractivity contribution in [1.29, 1.82) is 0 Å². The standard InChI is InChI=1S/C31H41N3O5/c1-6-8-9-15-20-34(29(37)26(22-35)33-30(38)39-31(3,4)5)27(25-19-14-13-18-24(25)7-2)28(36)32-21-23-16-11-10-12-17-23/h2,10-14,16-19,26-27,35H,6,8-9,15,20-22H2,1,3-5H3,(H,32,36)(H,33,38). The van der Waals surface area contributed by atoms with Crippen LogP contribution >= 0.6 is 0 Å². The number of carbonyl (C=O) groups excluding carboxylic acids is 3. The van der Waals surface area contributed by atoms with E-state index in [0.29, 0.717) is 17.5 Å². The monoisotopic (exact) mass is 535 g/mol. The van der Waals surface area contributed by atoms with Crippen molar-refractivity contribution in [3.05, 3.63) is 71.3 Å². The number of hydrogen-bond acceptors (Lipinski definition) is 5. The van der Waals surface area contributed by atoms with E-state index < -0.39 is 42.2 Å². The number of nitrogens with one attached hydrogen (secondary N) is 2. The Bertz CT molecular complexity index is 1120. The summed E-state index contributed by atoms with van der Waals surface area (Å²) in [5.41, 5.74) is 1.07. The summed E-state index contributed by atoms with van der Waals surface area (Å²) in [4.78, 5) is 41.6. The molecule has 0 spiro atoms. The number of benzene rings is 2. The van der Waals surface area contributed by atoms with Crippen molar-refractivity contribution in [2.75, 3.05) is 13.2 Å². The van der Waals surface area contributed by atoms with Crippen LogP contribution in [0.15, 0.2) is 54.6 Å². The highest BCUT2D eigenvalue weighted by atomic mass is 16.6. The van der Waals surface area contributed by atoms with Crippen LogP contribution in [-0.4, -0.2) is 52.7 Å². The fourth-order valence-electron chi connectivity index (χ4n) is 4.11. The summed E-state index contributed by atoms with van der Waals surface area (Å²) < 4.78 is 5.29. The van der Waals surface area contributed by atoms with Gasteiger partial charge in [0, 0.05) is 18.7 Å². The Morgan fingerprint density at radius 2 is 1.69 bits per heavy atom. The maximum atomic E-state index is 13.9. The summed E-state index contributed by atoms with van der Waals surface area (Å²) in [6.07, 6.45) is 8.38. The van der Waals surface area contributed by atoms with Crippen LogP contribution in [0.25, 0.3) is 0 Å². The molecule has 0 heterocycles. The van der Waals surface area contributed by atoms with Gasteiger partial charge < -0.3 is 25.4 Å². The highest BCUT2D eigenvalue weighted by Gasteiger charge is 2.36. The van der Waals surface area contributed by atoms with Gasteiger partial charge in [0.2, 0.25) is 11.8 Å². The molecule has 8 nitrogen and oxygen atoms in total. The van der Waals surface area contributed by atoms with Crippen molar-refractivity contribution >= 4 is 17.9 Å². The SMILES string of the molecule is C#Cc1ccccc1C(C(=O)NCc1ccccc1)N(CCCCCC)C(=O)C(CO)NC(=O)OC(C)(C)C. The Balaban J connectivity index is 2.47. The first-order valence-electron chi connectivity index (χ1n) is 13.4. The molecular formula is C31H41N3O5. The van der Waals surface area contributed by atoms with Crippen molar-refractivity contribution in [3.63, 3.8) is 0 Å². The van der Waals surface area contributed by atoms with Crippen molar-refractivity contribution in [3.8, 4) is 12.3 Å². The molecule has 0 bridgehead atoms. The maximum Gasteiger partial charge on any atom is 0.408 e. The van der Waals surface area contributed by atoms with E-state index in [2.05, 4.69) is 23.5 Å². The predicted octanol–water partition coefficient (Wildman–Crippen LogP) is 4.32. The number of amides is 3. The largest absolute Gasteiger partial charge is 0.444 e. The molecule has 8 heteroatoms. The van der Waals surface area contributed by atoms with E-state index in [-0.39, 0.29) is 13.1 Å². The van der Waals surface area contributed by atoms with Crippen LogP contribution in [0.1, 0.15) is 76.1 Å². The number of hydrogen-bond donors (Lipinski definition) is 3. The Hall–Kier alpha value is -3.83. The molecule has 0 saturated heterocycles. The Labute approximate surface area is 232 Å². The van der Waals surface area contributed by atoms with Crippen LogP contribution in [0.4, 0.5) is 4.79 Å². The molecule has 0 radical (unpaired) electrons. The lowest BCUT2D eigenvalue weighted by atomic mass is 9.97. The van der Waals surface area contributed by atoms with Crippen LogP contribution < -0.4 is 10.6 Å². The molecule has 2 aromatic rings. The molecule has 0 fully saturated rings. The molecule has 39 heavy (non-hydrogen) atoms. The van der Waals surface area contributed by atoms with Gasteiger partial charge in [-0.2, -0.15) is 0 Å². The number of nitrogens with zero attached hydrogens (tertiary/aromatic N) is 1. The topological polar surface area (TPSA) is 108 Å². The van der Waals surface area contributed by atoms with Crippen LogP contribution in [0.5, 0.6) is 0 Å². The van der Waals surface area contributed by atoms with E-state index in [1.807, 2.05) is 30.3 Å². The normalized spacial score (nSPS) is 12.5. The molecule has 0 saturated carbocycles. The summed E-state index contributed by atoms with van der Waals surface area (Å²) >= 11 is 0. The number of ether oxygens (including phenoxy) is 1. The average molecular weight is 536 g/mol. The predicted molar refractivity (Wildman–Crippen MR) is 152 cm³/mol. The highest BCUT2D eigenvalue weighted by Crippen LogP contribution is 2.26. The first kappa shape index (κ1) is 31.4. The molecule has 3 amide bonds. The summed E-state index contributed by atoms with van der Waals surface area (Å²) in [7, 11) is 0. The van der Waals surface area contributed by atoms with Gasteiger partial charge in [-0.25, -0.2) is 4.79 Å². The minimum atomic E-state index is -1.31. The molecular weight excluding hydrogens is 494 g/mol. The van der Waals surface area contributed by atoms with Gasteiger partial charge >= 0.3 is 6.09 Å². The molecule has 210 valence electrons. The lowest BCUT2D eigenvalue weighted by molar-refractivity contribution is -0.143. The van der Waals surface area contributed by atoms with E-state index >= 15 is 0 Å². The number of terminal acetylenes is 1. The summed E-state index contributed by atoms with van der Waals surface area (Å²) in [5, 5.41) is 15.5. The number of rotatable bonds is 13. The van der Waals surface area contributed by atoms with E-state index in [1.165, 1.54) is 4.90 Å². The maximum absolute atomic E-state index is 13.9. The van der Waals surface area contributed by atoms with E-state index in [9.17, 15) is 19.5 Å². The second-order valence-corrected chi connectivity index (χ2v) is 10.3. The molecule has 2 aromatic carbocycles. The summed E-state index contributed by atoms with van der Waals surface area (Å²) in [6, 6.07) is 14.0. The number of unbranched alkanes of at least 4 members (excludes halogenated alkanes) is 3. The summed E-state index contributed by atoms with van der Waals surface area (Å²) in [5.74, 6) is 1.60. The zero-order valence-corrected chi connectivity index (χ0v) is 23.4. The van der Waals surface area contributed by atoms with Gasteiger partial charge in [0.1, 0.15) is 17.7 Å². The minimum absolute atomic E-state index is 0.230. The van der Waals surface area contributed by atoms with Gasteiger partial charge in [-0.1, -0.05) is 80.6 Å². The van der Waals surface area contributed by atoms with Gasteiger partial charge in [0.15, 0.2) is 0 Å². The number of alkyl carbamates (subject to hydrolysis) is 1. The van der Waals surface area contributed by atoms with Crippen LogP contribution in [-0.2, 0) is 20.9 Å². The zero-order valence-electron chi connectivity index (χ0n) is 23.4. The Morgan fingerprint density at radius 1 is 1.03 bits per heavy atom. The van der Waals surface area contributed by atoms with E-state index in [1.54, 1.807) is 45.0 Å². The van der Waals surface area contributed by atoms with E-state index in [0.717, 1.165) is 24.8 Å². The fraction of sp³-hybridized carbons (Fsp3) is 0.452. The molecule has 2 unspecified atom stereocenters. The minimum Gasteiger partial charge on any atom is -0.444 e. The van der Waals surface area contributed by atoms with E-state index in [4.69, 9.17) is 11.2 Å². The third-order valence-electron chi connectivity index (χ3n) is 5.99. The summed E-state index contributed by atoms with van der Waals surface area (Å²) in [6.45, 7) is 7.00. The molecule has 3 N–H and O–H groups in total. The van der Waals surface area contributed by atoms with Crippen molar-refractivity contribution < 1.29 is 24.2 Å². The molecule has 2 rings (SSSR count). The van der Waals surface area contributed by atoms with Gasteiger partial charge in [-0.05, 0) is 44.4 Å². The second-order valence-electron chi connectivity index (χ2n) is 10.3. The van der Waals surface area contributed by atoms with Crippen LogP contribution in [0.3, 0.4) is 0 Å². The van der Waals surface area contributed by atoms with Gasteiger partial charge in [-0.3, -0.25) is 9.59 Å². The first-order chi connectivity index (χ1) is 18.6. The Kier molecular flexibility index (Phi) is 12.5. The lowest BCUT2D eigenvalue weighted by Gasteiger charge is -2.34. The molecule has 0 aliphatic rings. The van der Waals surface area contributed by atoms with Gasteiger partial charge in [-0.15, -0.1) is 6.42 Å². The molecule has 0 aliphatic heterocycles. The first-order valence-corrected chi connectivity index (χ1v) is 13.4. The Morgan fingerprint density at radius 3 is 2.31 bits per heavy atom. The third kappa shape index (κ3) is 10.1. The lowest BCUT2D eigenvalue weighted by Crippen LogP contribution is -2.54. The highest BCUT2D eigenvalue weighted by molar-refractivity contribution is 5.92. The third-order valence-corrected chi connectivity index (χ3v) is 5.99. The van der Waals surface area contributed by atoms with Crippen LogP contribution in [0.2, 0.25) is 0 Å². The average Bonchev–Trinajstić information content (AvgIpc) is 2.91. The van der Waals surface area contributed by atoms with Crippen LogP contribution in [0, 0.1) is 12.3 Å². The molecule has 0 aromatic heterocycles. The second kappa shape index (κ2) is 15.6. The quantitative estimate of drug-likeness (QED) is 0.262. The smallest absolute Gasteiger partial charge is 0.408 e.